The fourth-order valence-electron chi connectivity index (χ4n) is 8.50. The molecule has 0 saturated heterocycles. The summed E-state index contributed by atoms with van der Waals surface area (Å²) in [6, 6.07) is 40.9. The van der Waals surface area contributed by atoms with Crippen LogP contribution in [-0.2, 0) is 50.1 Å². The fourth-order valence-corrected chi connectivity index (χ4v) is 8.50. The van der Waals surface area contributed by atoms with Gasteiger partial charge in [-0.25, -0.2) is 0 Å². The molecule has 5 rings (SSSR count). The molecule has 0 amide bonds. The van der Waals surface area contributed by atoms with Crippen molar-refractivity contribution in [2.45, 2.75) is 167 Å². The van der Waals surface area contributed by atoms with Crippen molar-refractivity contribution in [3.05, 3.63) is 144 Å². The number of hydrogen-bond acceptors (Lipinski definition) is 7. The van der Waals surface area contributed by atoms with Crippen molar-refractivity contribution in [3.8, 4) is 0 Å². The quantitative estimate of drug-likeness (QED) is 0.0488. The first-order chi connectivity index (χ1) is 30.0. The van der Waals surface area contributed by atoms with Crippen LogP contribution < -0.4 is 0 Å². The normalized spacial score (nSPS) is 20.6. The van der Waals surface area contributed by atoms with Crippen LogP contribution in [0.4, 0.5) is 0 Å². The standard InChI is InChI=1S/C54H76O7/c1-3-4-5-6-7-8-9-10-11-12-13-26-35-49(55)51(56)43(2)37-58-50-36-48(42-57-38-44-27-18-14-19-28-44)52(59-39-45-29-20-15-21-30-45)54(61-41-47-33-24-17-25-34-47)53(50)60-40-46-31-22-16-23-32-46/h14-25,27-34,43,48-56H,3-13,26,35-42H2,1-2H3/t43-,48?,49+,50-,51-,52-,53?,54-/m0/s1. The number of benzene rings is 4. The Balaban J connectivity index is 1.25. The predicted octanol–water partition coefficient (Wildman–Crippen LogP) is 11.8. The van der Waals surface area contributed by atoms with Crippen molar-refractivity contribution < 1.29 is 33.9 Å². The van der Waals surface area contributed by atoms with Gasteiger partial charge in [0.25, 0.3) is 0 Å². The van der Waals surface area contributed by atoms with Gasteiger partial charge < -0.3 is 33.9 Å². The molecule has 61 heavy (non-hydrogen) atoms. The van der Waals surface area contributed by atoms with Crippen LogP contribution in [0.2, 0.25) is 0 Å². The third-order valence-corrected chi connectivity index (χ3v) is 12.2. The lowest BCUT2D eigenvalue weighted by Gasteiger charge is -2.46. The molecule has 1 fully saturated rings. The average Bonchev–Trinajstić information content (AvgIpc) is 3.30. The highest BCUT2D eigenvalue weighted by Gasteiger charge is 2.48. The highest BCUT2D eigenvalue weighted by molar-refractivity contribution is 5.16. The van der Waals surface area contributed by atoms with E-state index in [1.165, 1.54) is 64.2 Å². The van der Waals surface area contributed by atoms with Gasteiger partial charge in [-0.2, -0.15) is 0 Å². The van der Waals surface area contributed by atoms with Gasteiger partial charge in [-0.1, -0.05) is 212 Å². The van der Waals surface area contributed by atoms with Crippen molar-refractivity contribution in [2.24, 2.45) is 11.8 Å². The Kier molecular flexibility index (Phi) is 23.2. The van der Waals surface area contributed by atoms with Gasteiger partial charge in [0.2, 0.25) is 0 Å². The topological polar surface area (TPSA) is 86.6 Å². The molecule has 1 saturated carbocycles. The van der Waals surface area contributed by atoms with E-state index in [9.17, 15) is 10.2 Å². The Labute approximate surface area is 368 Å². The minimum Gasteiger partial charge on any atom is -0.390 e. The Hall–Kier alpha value is -3.40. The largest absolute Gasteiger partial charge is 0.390 e. The molecule has 8 atom stereocenters. The fraction of sp³-hybridized carbons (Fsp3) is 0.556. The van der Waals surface area contributed by atoms with Crippen molar-refractivity contribution in [1.29, 1.82) is 0 Å². The maximum Gasteiger partial charge on any atom is 0.113 e. The van der Waals surface area contributed by atoms with Crippen molar-refractivity contribution in [3.63, 3.8) is 0 Å². The SMILES string of the molecule is CCCCCCCCCCCCCC[C@@H](O)[C@@H](O)[C@@H](C)CO[C@H]1CC(COCc2ccccc2)[C@H](OCc2ccccc2)[C@H](OCc2ccccc2)C1OCc1ccccc1. The van der Waals surface area contributed by atoms with Crippen molar-refractivity contribution >= 4 is 0 Å². The van der Waals surface area contributed by atoms with Gasteiger partial charge >= 0.3 is 0 Å². The molecular formula is C54H76O7. The third-order valence-electron chi connectivity index (χ3n) is 12.2. The summed E-state index contributed by atoms with van der Waals surface area (Å²) in [5.41, 5.74) is 4.31. The maximum atomic E-state index is 11.3. The van der Waals surface area contributed by atoms with Crippen LogP contribution in [0.15, 0.2) is 121 Å². The number of ether oxygens (including phenoxy) is 5. The summed E-state index contributed by atoms with van der Waals surface area (Å²) < 4.78 is 34.0. The predicted molar refractivity (Wildman–Crippen MR) is 246 cm³/mol. The summed E-state index contributed by atoms with van der Waals surface area (Å²) in [5, 5.41) is 22.5. The highest BCUT2D eigenvalue weighted by Crippen LogP contribution is 2.36. The van der Waals surface area contributed by atoms with Gasteiger partial charge in [-0.15, -0.1) is 0 Å². The first-order valence-electron chi connectivity index (χ1n) is 23.6. The molecule has 7 nitrogen and oxygen atoms in total. The Bertz CT molecular complexity index is 1640. The first-order valence-corrected chi connectivity index (χ1v) is 23.6. The zero-order valence-corrected chi connectivity index (χ0v) is 37.2. The summed E-state index contributed by atoms with van der Waals surface area (Å²) in [6.07, 6.45) is 13.0. The van der Waals surface area contributed by atoms with E-state index in [0.29, 0.717) is 45.9 Å². The number of rotatable bonds is 31. The van der Waals surface area contributed by atoms with Crippen LogP contribution in [0.5, 0.6) is 0 Å². The summed E-state index contributed by atoms with van der Waals surface area (Å²) in [6.45, 7) is 6.62. The number of unbranched alkanes of at least 4 members (excludes halogenated alkanes) is 11. The monoisotopic (exact) mass is 837 g/mol. The van der Waals surface area contributed by atoms with E-state index in [0.717, 1.165) is 35.1 Å². The van der Waals surface area contributed by atoms with E-state index in [-0.39, 0.29) is 30.7 Å². The zero-order valence-electron chi connectivity index (χ0n) is 37.2. The number of aliphatic hydroxyl groups is 2. The highest BCUT2D eigenvalue weighted by atomic mass is 16.6. The smallest absolute Gasteiger partial charge is 0.113 e. The summed E-state index contributed by atoms with van der Waals surface area (Å²) in [7, 11) is 0. The molecular weight excluding hydrogens is 761 g/mol. The molecule has 0 bridgehead atoms. The average molecular weight is 837 g/mol. The van der Waals surface area contributed by atoms with Crippen LogP contribution in [0.1, 0.15) is 126 Å². The maximum absolute atomic E-state index is 11.3. The summed E-state index contributed by atoms with van der Waals surface area (Å²) in [5.74, 6) is -0.364. The molecule has 1 aliphatic carbocycles. The second kappa shape index (κ2) is 29.1. The van der Waals surface area contributed by atoms with Gasteiger partial charge in [0.15, 0.2) is 0 Å². The van der Waals surface area contributed by atoms with Crippen LogP contribution in [0, 0.1) is 11.8 Å². The molecule has 0 aliphatic heterocycles. The van der Waals surface area contributed by atoms with Crippen LogP contribution in [0.25, 0.3) is 0 Å². The van der Waals surface area contributed by atoms with E-state index in [1.54, 1.807) is 0 Å². The van der Waals surface area contributed by atoms with E-state index < -0.39 is 24.4 Å². The van der Waals surface area contributed by atoms with Crippen molar-refractivity contribution in [2.75, 3.05) is 13.2 Å². The zero-order chi connectivity index (χ0) is 42.7. The molecule has 2 unspecified atom stereocenters. The molecule has 2 N–H and O–H groups in total. The molecule has 7 heteroatoms. The van der Waals surface area contributed by atoms with E-state index in [4.69, 9.17) is 23.7 Å². The molecule has 0 heterocycles. The molecule has 0 radical (unpaired) electrons. The first kappa shape index (κ1) is 48.6. The minimum atomic E-state index is -0.892. The van der Waals surface area contributed by atoms with Gasteiger partial charge in [0, 0.05) is 11.8 Å². The van der Waals surface area contributed by atoms with Crippen LogP contribution >= 0.6 is 0 Å². The molecule has 4 aromatic rings. The number of aliphatic hydroxyl groups excluding tert-OH is 2. The summed E-state index contributed by atoms with van der Waals surface area (Å²) >= 11 is 0. The van der Waals surface area contributed by atoms with Crippen molar-refractivity contribution in [1.82, 2.24) is 0 Å². The molecule has 334 valence electrons. The lowest BCUT2D eigenvalue weighted by Crippen LogP contribution is -2.58. The molecule has 0 aromatic heterocycles. The lowest BCUT2D eigenvalue weighted by molar-refractivity contribution is -0.236. The third kappa shape index (κ3) is 18.1. The lowest BCUT2D eigenvalue weighted by atomic mass is 9.80. The molecule has 4 aromatic carbocycles. The van der Waals surface area contributed by atoms with E-state index >= 15 is 0 Å². The number of hydrogen-bond donors (Lipinski definition) is 2. The molecule has 1 aliphatic rings. The second-order valence-electron chi connectivity index (χ2n) is 17.4. The van der Waals surface area contributed by atoms with Gasteiger partial charge in [-0.3, -0.25) is 0 Å². The Morgan fingerprint density at radius 3 is 1.38 bits per heavy atom. The Morgan fingerprint density at radius 1 is 0.492 bits per heavy atom. The van der Waals surface area contributed by atoms with Gasteiger partial charge in [-0.05, 0) is 35.1 Å². The van der Waals surface area contributed by atoms with Crippen LogP contribution in [-0.4, -0.2) is 60.1 Å². The minimum absolute atomic E-state index is 0.0774. The Morgan fingerprint density at radius 2 is 0.902 bits per heavy atom. The van der Waals surface area contributed by atoms with Crippen LogP contribution in [0.3, 0.4) is 0 Å². The van der Waals surface area contributed by atoms with Gasteiger partial charge in [0.05, 0.1) is 64.1 Å². The van der Waals surface area contributed by atoms with E-state index in [1.807, 2.05) is 79.7 Å². The van der Waals surface area contributed by atoms with Gasteiger partial charge in [0.1, 0.15) is 12.2 Å². The second-order valence-corrected chi connectivity index (χ2v) is 17.4. The summed E-state index contributed by atoms with van der Waals surface area (Å²) in [4.78, 5) is 0. The van der Waals surface area contributed by atoms with E-state index in [2.05, 4.69) is 55.5 Å². The molecule has 0 spiro atoms.